The van der Waals surface area contributed by atoms with Crippen LogP contribution >= 0.6 is 12.0 Å². The smallest absolute Gasteiger partial charge is 0.351 e. The molecule has 4 nitrogen and oxygen atoms in total. The summed E-state index contributed by atoms with van der Waals surface area (Å²) in [6.45, 7) is -0.0652. The molecule has 0 aliphatic heterocycles. The summed E-state index contributed by atoms with van der Waals surface area (Å²) in [6.07, 6.45) is 4.03. The maximum absolute atomic E-state index is 12.7. The quantitative estimate of drug-likeness (QED) is 0.282. The molecule has 4 fully saturated rings. The number of carbonyl (C=O) groups is 1. The van der Waals surface area contributed by atoms with Gasteiger partial charge in [0.1, 0.15) is 18.3 Å². The highest BCUT2D eigenvalue weighted by atomic mass is 32.2. The minimum absolute atomic E-state index is 0.0652. The lowest BCUT2D eigenvalue weighted by Gasteiger charge is -2.90. The van der Waals surface area contributed by atoms with Gasteiger partial charge in [0.25, 0.3) is 0 Å². The number of halogens is 3. The Morgan fingerprint density at radius 3 is 2.25 bits per heavy atom. The van der Waals surface area contributed by atoms with Gasteiger partial charge in [-0.2, -0.15) is 13.1 Å². The first kappa shape index (κ1) is 18.5. The molecule has 0 aromatic carbocycles. The summed E-state index contributed by atoms with van der Waals surface area (Å²) in [7, 11) is 2.37. The van der Waals surface area contributed by atoms with Gasteiger partial charge in [-0.3, -0.25) is 0 Å². The molecule has 3 atom stereocenters. The summed E-state index contributed by atoms with van der Waals surface area (Å²) in [5.74, 6) is 2.97. The summed E-state index contributed by atoms with van der Waals surface area (Å²) in [5.41, 5.74) is 0.873. The van der Waals surface area contributed by atoms with E-state index in [1.165, 1.54) is 39.1 Å². The summed E-state index contributed by atoms with van der Waals surface area (Å²) in [6, 6.07) is 0. The Morgan fingerprint density at radius 2 is 1.88 bits per heavy atom. The molecule has 8 heteroatoms. The molecular weight excluding hydrogens is 345 g/mol. The van der Waals surface area contributed by atoms with Crippen LogP contribution in [0.15, 0.2) is 0 Å². The van der Waals surface area contributed by atoms with E-state index in [0.717, 1.165) is 24.9 Å². The zero-order valence-electron chi connectivity index (χ0n) is 13.8. The molecule has 24 heavy (non-hydrogen) atoms. The molecule has 0 N–H and O–H groups in total. The van der Waals surface area contributed by atoms with Crippen molar-refractivity contribution in [1.82, 2.24) is 0 Å². The highest BCUT2D eigenvalue weighted by Crippen LogP contribution is 2.92. The van der Waals surface area contributed by atoms with Crippen LogP contribution in [0.25, 0.3) is 0 Å². The summed E-state index contributed by atoms with van der Waals surface area (Å²) in [4.78, 5) is 14.8. The molecule has 0 bridgehead atoms. The molecule has 1 spiro atoms. The lowest BCUT2D eigenvalue weighted by molar-refractivity contribution is -0.409. The van der Waals surface area contributed by atoms with Crippen LogP contribution < -0.4 is 0 Å². The zero-order chi connectivity index (χ0) is 17.6. The van der Waals surface area contributed by atoms with Gasteiger partial charge in [0, 0.05) is 25.6 Å². The Hall–Kier alpha value is -0.310. The zero-order valence-corrected chi connectivity index (χ0v) is 14.6. The highest BCUT2D eigenvalue weighted by Gasteiger charge is 2.87. The third-order valence-electron chi connectivity index (χ3n) is 6.63. The SMILES string of the molecule is COCCC(F)C(F)(F)SOOC.O=CC12CC3CC4CC(C1)C432. The van der Waals surface area contributed by atoms with Crippen molar-refractivity contribution in [2.75, 3.05) is 20.8 Å². The van der Waals surface area contributed by atoms with Crippen LogP contribution in [-0.4, -0.2) is 38.5 Å². The Morgan fingerprint density at radius 1 is 1.25 bits per heavy atom. The fraction of sp³-hybridized carbons (Fsp3) is 0.938. The fourth-order valence-electron chi connectivity index (χ4n) is 5.74. The Kier molecular flexibility index (Phi) is 4.96. The number of hydrogen-bond acceptors (Lipinski definition) is 5. The molecule has 138 valence electrons. The van der Waals surface area contributed by atoms with Crippen molar-refractivity contribution in [3.05, 3.63) is 0 Å². The third-order valence-corrected chi connectivity index (χ3v) is 7.31. The van der Waals surface area contributed by atoms with E-state index < -0.39 is 11.4 Å². The van der Waals surface area contributed by atoms with Crippen LogP contribution in [0.4, 0.5) is 13.2 Å². The summed E-state index contributed by atoms with van der Waals surface area (Å²) >= 11 is -0.349. The van der Waals surface area contributed by atoms with Crippen LogP contribution in [0.2, 0.25) is 0 Å². The van der Waals surface area contributed by atoms with Gasteiger partial charge in [-0.25, -0.2) is 9.28 Å². The van der Waals surface area contributed by atoms with Crippen molar-refractivity contribution >= 4 is 18.3 Å². The van der Waals surface area contributed by atoms with Crippen molar-refractivity contribution in [3.63, 3.8) is 0 Å². The molecule has 0 radical (unpaired) electrons. The van der Waals surface area contributed by atoms with Gasteiger partial charge < -0.3 is 9.53 Å². The van der Waals surface area contributed by atoms with E-state index in [2.05, 4.69) is 14.0 Å². The van der Waals surface area contributed by atoms with Gasteiger partial charge in [0.05, 0.1) is 7.11 Å². The number of carbonyl (C=O) groups excluding carboxylic acids is 1. The Labute approximate surface area is 143 Å². The fourth-order valence-corrected chi connectivity index (χ4v) is 6.12. The van der Waals surface area contributed by atoms with Crippen molar-refractivity contribution in [1.29, 1.82) is 0 Å². The van der Waals surface area contributed by atoms with E-state index in [0.29, 0.717) is 5.41 Å². The van der Waals surface area contributed by atoms with E-state index in [-0.39, 0.29) is 30.5 Å². The minimum atomic E-state index is -3.62. The van der Waals surface area contributed by atoms with Crippen LogP contribution in [0, 0.1) is 28.6 Å². The Balaban J connectivity index is 0.000000141. The number of methoxy groups -OCH3 is 1. The molecule has 4 rings (SSSR count). The molecule has 0 saturated heterocycles. The molecule has 0 heterocycles. The lowest BCUT2D eigenvalue weighted by Crippen LogP contribution is -2.85. The second kappa shape index (κ2) is 6.45. The van der Waals surface area contributed by atoms with Crippen molar-refractivity contribution in [2.45, 2.75) is 43.5 Å². The number of alkyl halides is 3. The second-order valence-corrected chi connectivity index (χ2v) is 8.15. The van der Waals surface area contributed by atoms with Gasteiger partial charge in [0.2, 0.25) is 0 Å². The molecule has 4 aliphatic carbocycles. The predicted molar refractivity (Wildman–Crippen MR) is 81.9 cm³/mol. The van der Waals surface area contributed by atoms with E-state index in [4.69, 9.17) is 0 Å². The lowest BCUT2D eigenvalue weighted by atomic mass is 9.13. The minimum Gasteiger partial charge on any atom is -0.385 e. The predicted octanol–water partition coefficient (Wildman–Crippen LogP) is 3.80. The number of rotatable bonds is 8. The molecule has 4 aliphatic rings. The van der Waals surface area contributed by atoms with Crippen molar-refractivity contribution < 1.29 is 31.9 Å². The standard InChI is InChI=1S/C10H12O.C6H11F3O3S/c11-5-9-3-7-1-6-2-8(4-9)10(6,7)9;1-10-4-3-5(7)6(8,9)13-12-11-2/h5-8H,1-4H2;5H,3-4H2,1-2H3. The first-order chi connectivity index (χ1) is 11.4. The van der Waals surface area contributed by atoms with Crippen LogP contribution in [0.1, 0.15) is 32.1 Å². The van der Waals surface area contributed by atoms with Crippen molar-refractivity contribution in [3.8, 4) is 0 Å². The van der Waals surface area contributed by atoms with Crippen LogP contribution in [0.3, 0.4) is 0 Å². The maximum Gasteiger partial charge on any atom is 0.351 e. The van der Waals surface area contributed by atoms with Crippen LogP contribution in [-0.2, 0) is 18.8 Å². The van der Waals surface area contributed by atoms with Crippen molar-refractivity contribution in [2.24, 2.45) is 28.6 Å². The largest absolute Gasteiger partial charge is 0.385 e. The van der Waals surface area contributed by atoms with Gasteiger partial charge in [0.15, 0.2) is 6.17 Å². The molecule has 0 amide bonds. The average Bonchev–Trinajstić information content (AvgIpc) is 2.49. The van der Waals surface area contributed by atoms with Gasteiger partial charge in [-0.1, -0.05) is 0 Å². The third kappa shape index (κ3) is 2.36. The maximum atomic E-state index is 12.7. The second-order valence-electron chi connectivity index (χ2n) is 7.31. The average molecular weight is 368 g/mol. The molecular formula is C16H23F3O4S. The number of ether oxygens (including phenoxy) is 1. The normalized spacial score (nSPS) is 41.8. The van der Waals surface area contributed by atoms with Gasteiger partial charge in [-0.15, -0.1) is 0 Å². The molecule has 0 aromatic rings. The van der Waals surface area contributed by atoms with E-state index in [1.807, 2.05) is 0 Å². The van der Waals surface area contributed by atoms with E-state index >= 15 is 0 Å². The Bertz CT molecular complexity index is 464. The van der Waals surface area contributed by atoms with E-state index in [1.54, 1.807) is 0 Å². The monoisotopic (exact) mass is 368 g/mol. The van der Waals surface area contributed by atoms with Gasteiger partial charge in [-0.05, 0) is 48.9 Å². The molecule has 0 aromatic heterocycles. The van der Waals surface area contributed by atoms with Gasteiger partial charge >= 0.3 is 5.25 Å². The molecule has 4 saturated carbocycles. The summed E-state index contributed by atoms with van der Waals surface area (Å²) in [5, 5.41) is -3.62. The molecule has 3 unspecified atom stereocenters. The highest BCUT2D eigenvalue weighted by molar-refractivity contribution is 7.95. The summed E-state index contributed by atoms with van der Waals surface area (Å²) < 4.78 is 46.4. The number of hydrogen-bond donors (Lipinski definition) is 0. The number of aldehydes is 1. The first-order valence-electron chi connectivity index (χ1n) is 8.23. The van der Waals surface area contributed by atoms with Crippen LogP contribution in [0.5, 0.6) is 0 Å². The topological polar surface area (TPSA) is 44.8 Å². The first-order valence-corrected chi connectivity index (χ1v) is 8.97. The van der Waals surface area contributed by atoms with E-state index in [9.17, 15) is 18.0 Å².